The second-order valence-corrected chi connectivity index (χ2v) is 7.47. The lowest BCUT2D eigenvalue weighted by Gasteiger charge is -2.17. The number of aromatic nitrogens is 1. The van der Waals surface area contributed by atoms with Crippen LogP contribution < -0.4 is 4.90 Å². The van der Waals surface area contributed by atoms with E-state index in [4.69, 9.17) is 33.9 Å². The Bertz CT molecular complexity index is 605. The van der Waals surface area contributed by atoms with E-state index in [1.165, 1.54) is 17.2 Å². The fourth-order valence-electron chi connectivity index (χ4n) is 1.70. The predicted molar refractivity (Wildman–Crippen MR) is 69.8 cm³/mol. The number of nitrogens with zero attached hydrogens (tertiary/aromatic N) is 2. The summed E-state index contributed by atoms with van der Waals surface area (Å²) in [5.74, 6) is -0.366. The third-order valence-corrected chi connectivity index (χ3v) is 4.96. The summed E-state index contributed by atoms with van der Waals surface area (Å²) in [6.07, 6.45) is 1.16. The lowest BCUT2D eigenvalue weighted by Crippen LogP contribution is -2.27. The van der Waals surface area contributed by atoms with Gasteiger partial charge in [0.15, 0.2) is 0 Å². The Hall–Kier alpha value is -0.560. The molecule has 1 fully saturated rings. The molecular formula is C9H7Cl3N2O3S. The van der Waals surface area contributed by atoms with Gasteiger partial charge in [-0.1, -0.05) is 23.2 Å². The average molecular weight is 330 g/mol. The van der Waals surface area contributed by atoms with Crippen LogP contribution in [-0.2, 0) is 13.8 Å². The second-order valence-electron chi connectivity index (χ2n) is 3.76. The highest BCUT2D eigenvalue weighted by atomic mass is 35.7. The van der Waals surface area contributed by atoms with Gasteiger partial charge in [-0.3, -0.25) is 4.79 Å². The Morgan fingerprint density at radius 2 is 2.06 bits per heavy atom. The van der Waals surface area contributed by atoms with Crippen molar-refractivity contribution in [2.45, 2.75) is 11.7 Å². The lowest BCUT2D eigenvalue weighted by molar-refractivity contribution is -0.117. The van der Waals surface area contributed by atoms with Gasteiger partial charge in [-0.05, 0) is 6.07 Å². The molecule has 9 heteroatoms. The second kappa shape index (κ2) is 4.85. The third kappa shape index (κ3) is 2.71. The van der Waals surface area contributed by atoms with E-state index in [-0.39, 0.29) is 29.0 Å². The minimum absolute atomic E-state index is 0.0340. The molecule has 98 valence electrons. The van der Waals surface area contributed by atoms with Crippen molar-refractivity contribution >= 4 is 54.5 Å². The minimum atomic E-state index is -3.78. The smallest absolute Gasteiger partial charge is 0.237 e. The van der Waals surface area contributed by atoms with Gasteiger partial charge in [-0.2, -0.15) is 0 Å². The van der Waals surface area contributed by atoms with E-state index in [9.17, 15) is 13.2 Å². The molecule has 0 bridgehead atoms. The zero-order valence-corrected chi connectivity index (χ0v) is 11.9. The van der Waals surface area contributed by atoms with Crippen LogP contribution in [0.1, 0.15) is 6.42 Å². The van der Waals surface area contributed by atoms with Crippen molar-refractivity contribution in [3.05, 3.63) is 22.4 Å². The molecule has 1 unspecified atom stereocenters. The Morgan fingerprint density at radius 1 is 1.39 bits per heavy atom. The van der Waals surface area contributed by atoms with Crippen LogP contribution in [0, 0.1) is 0 Å². The molecule has 1 atom stereocenters. The van der Waals surface area contributed by atoms with Gasteiger partial charge in [0, 0.05) is 23.6 Å². The van der Waals surface area contributed by atoms with Crippen LogP contribution in [0.3, 0.4) is 0 Å². The number of pyridine rings is 1. The van der Waals surface area contributed by atoms with Gasteiger partial charge < -0.3 is 4.90 Å². The van der Waals surface area contributed by atoms with Crippen molar-refractivity contribution in [1.82, 2.24) is 4.98 Å². The maximum atomic E-state index is 11.8. The van der Waals surface area contributed by atoms with Crippen molar-refractivity contribution in [3.63, 3.8) is 0 Å². The van der Waals surface area contributed by atoms with Gasteiger partial charge in [0.05, 0.1) is 16.9 Å². The standard InChI is InChI=1S/C9H7Cl3N2O3S/c10-6-2-8(11)13-3-7(6)14-4-5(1-9(14)15)18(12,16)17/h2-3,5H,1,4H2. The van der Waals surface area contributed by atoms with Crippen molar-refractivity contribution in [1.29, 1.82) is 0 Å². The number of halogens is 3. The summed E-state index contributed by atoms with van der Waals surface area (Å²) in [7, 11) is 1.47. The Balaban J connectivity index is 2.33. The highest BCUT2D eigenvalue weighted by Crippen LogP contribution is 2.32. The maximum Gasteiger partial charge on any atom is 0.237 e. The summed E-state index contributed by atoms with van der Waals surface area (Å²) in [5, 5.41) is -0.508. The molecule has 2 rings (SSSR count). The Kier molecular flexibility index (Phi) is 3.73. The normalized spacial score (nSPS) is 20.5. The van der Waals surface area contributed by atoms with E-state index in [1.807, 2.05) is 0 Å². The van der Waals surface area contributed by atoms with Gasteiger partial charge in [0.2, 0.25) is 15.0 Å². The molecule has 0 saturated carbocycles. The summed E-state index contributed by atoms with van der Waals surface area (Å²) in [6, 6.07) is 1.38. The van der Waals surface area contributed by atoms with Crippen molar-refractivity contribution in [2.24, 2.45) is 0 Å². The molecule has 0 spiro atoms. The number of carbonyl (C=O) groups excluding carboxylic acids is 1. The van der Waals surface area contributed by atoms with E-state index in [0.717, 1.165) is 0 Å². The first kappa shape index (κ1) is 13.9. The summed E-state index contributed by atoms with van der Waals surface area (Å²) < 4.78 is 22.4. The SMILES string of the molecule is O=C1CC(S(=O)(=O)Cl)CN1c1cnc(Cl)cc1Cl. The molecule has 1 saturated heterocycles. The average Bonchev–Trinajstić information content (AvgIpc) is 2.60. The van der Waals surface area contributed by atoms with Gasteiger partial charge in [0.25, 0.3) is 0 Å². The quantitative estimate of drug-likeness (QED) is 0.615. The summed E-state index contributed by atoms with van der Waals surface area (Å²) in [4.78, 5) is 16.8. The molecule has 0 radical (unpaired) electrons. The maximum absolute atomic E-state index is 11.8. The minimum Gasteiger partial charge on any atom is -0.308 e. The summed E-state index contributed by atoms with van der Waals surface area (Å²) in [5.41, 5.74) is 0.328. The highest BCUT2D eigenvalue weighted by molar-refractivity contribution is 8.14. The van der Waals surface area contributed by atoms with Gasteiger partial charge in [-0.15, -0.1) is 0 Å². The van der Waals surface area contributed by atoms with Crippen molar-refractivity contribution in [3.8, 4) is 0 Å². The molecule has 5 nitrogen and oxygen atoms in total. The molecule has 0 aromatic carbocycles. The largest absolute Gasteiger partial charge is 0.308 e. The van der Waals surface area contributed by atoms with Crippen LogP contribution in [0.2, 0.25) is 10.2 Å². The van der Waals surface area contributed by atoms with E-state index < -0.39 is 14.3 Å². The number of hydrogen-bond acceptors (Lipinski definition) is 4. The van der Waals surface area contributed by atoms with Gasteiger partial charge in [0.1, 0.15) is 10.4 Å². The number of carbonyl (C=O) groups is 1. The third-order valence-electron chi connectivity index (χ3n) is 2.58. The monoisotopic (exact) mass is 328 g/mol. The number of anilines is 1. The van der Waals surface area contributed by atoms with Crippen LogP contribution in [0.4, 0.5) is 5.69 Å². The predicted octanol–water partition coefficient (Wildman–Crippen LogP) is 2.06. The first-order valence-corrected chi connectivity index (χ1v) is 7.97. The highest BCUT2D eigenvalue weighted by Gasteiger charge is 2.38. The molecule has 1 amide bonds. The summed E-state index contributed by atoms with van der Waals surface area (Å²) >= 11 is 11.6. The van der Waals surface area contributed by atoms with E-state index >= 15 is 0 Å². The van der Waals surface area contributed by atoms with Gasteiger partial charge >= 0.3 is 0 Å². The van der Waals surface area contributed by atoms with Crippen molar-refractivity contribution in [2.75, 3.05) is 11.4 Å². The van der Waals surface area contributed by atoms with Crippen LogP contribution in [0.5, 0.6) is 0 Å². The lowest BCUT2D eigenvalue weighted by atomic mass is 10.4. The molecule has 1 aliphatic rings. The molecule has 1 aromatic heterocycles. The van der Waals surface area contributed by atoms with Crippen LogP contribution in [0.25, 0.3) is 0 Å². The molecule has 1 aliphatic heterocycles. The van der Waals surface area contributed by atoms with E-state index in [1.54, 1.807) is 0 Å². The number of hydrogen-bond donors (Lipinski definition) is 0. The molecule has 18 heavy (non-hydrogen) atoms. The molecule has 0 aliphatic carbocycles. The molecule has 1 aromatic rings. The van der Waals surface area contributed by atoms with Crippen LogP contribution >= 0.6 is 33.9 Å². The van der Waals surface area contributed by atoms with Crippen LogP contribution in [-0.4, -0.2) is 31.1 Å². The Morgan fingerprint density at radius 3 is 2.56 bits per heavy atom. The summed E-state index contributed by atoms with van der Waals surface area (Å²) in [6.45, 7) is -0.0340. The van der Waals surface area contributed by atoms with Crippen molar-refractivity contribution < 1.29 is 13.2 Å². The van der Waals surface area contributed by atoms with E-state index in [0.29, 0.717) is 5.69 Å². The molecular weight excluding hydrogens is 323 g/mol. The molecule has 2 heterocycles. The zero-order valence-electron chi connectivity index (χ0n) is 8.81. The topological polar surface area (TPSA) is 67.3 Å². The zero-order chi connectivity index (χ0) is 13.5. The number of amides is 1. The van der Waals surface area contributed by atoms with E-state index in [2.05, 4.69) is 4.98 Å². The number of rotatable bonds is 2. The van der Waals surface area contributed by atoms with Gasteiger partial charge in [-0.25, -0.2) is 13.4 Å². The Labute approximate surface area is 118 Å². The van der Waals surface area contributed by atoms with Crippen LogP contribution in [0.15, 0.2) is 12.3 Å². The fraction of sp³-hybridized carbons (Fsp3) is 0.333. The molecule has 0 N–H and O–H groups in total. The first-order valence-electron chi connectivity index (χ1n) is 4.84. The first-order chi connectivity index (χ1) is 8.29. The fourth-order valence-corrected chi connectivity index (χ4v) is 3.19.